The first-order valence-electron chi connectivity index (χ1n) is 8.52. The van der Waals surface area contributed by atoms with E-state index in [9.17, 15) is 4.79 Å². The third-order valence-electron chi connectivity index (χ3n) is 4.57. The summed E-state index contributed by atoms with van der Waals surface area (Å²) in [6.07, 6.45) is 6.87. The minimum absolute atomic E-state index is 0.000646. The van der Waals surface area contributed by atoms with Crippen LogP contribution in [-0.2, 0) is 10.2 Å². The van der Waals surface area contributed by atoms with E-state index in [1.807, 2.05) is 23.1 Å². The molecule has 0 saturated carbocycles. The fourth-order valence-corrected chi connectivity index (χ4v) is 3.19. The van der Waals surface area contributed by atoms with Crippen LogP contribution < -0.4 is 4.90 Å². The van der Waals surface area contributed by atoms with Crippen molar-refractivity contribution in [2.24, 2.45) is 5.92 Å². The van der Waals surface area contributed by atoms with Crippen molar-refractivity contribution in [1.82, 2.24) is 0 Å². The molecule has 1 aromatic rings. The largest absolute Gasteiger partial charge is 0.308 e. The molecule has 23 heavy (non-hydrogen) atoms. The van der Waals surface area contributed by atoms with Gasteiger partial charge in [0.2, 0.25) is 5.91 Å². The van der Waals surface area contributed by atoms with Gasteiger partial charge in [-0.1, -0.05) is 56.7 Å². The Bertz CT molecular complexity index is 607. The summed E-state index contributed by atoms with van der Waals surface area (Å²) in [4.78, 5) is 15.0. The molecule has 2 rings (SSSR count). The number of carbonyl (C=O) groups is 1. The minimum atomic E-state index is -0.000646. The van der Waals surface area contributed by atoms with Crippen molar-refractivity contribution >= 4 is 11.6 Å². The molecule has 0 aromatic heterocycles. The highest BCUT2D eigenvalue weighted by molar-refractivity contribution is 5.96. The molecule has 1 aromatic carbocycles. The maximum Gasteiger partial charge on any atom is 0.230 e. The van der Waals surface area contributed by atoms with Gasteiger partial charge in [-0.3, -0.25) is 4.79 Å². The van der Waals surface area contributed by atoms with Gasteiger partial charge in [-0.15, -0.1) is 6.58 Å². The molecule has 0 N–H and O–H groups in total. The number of hydrogen-bond acceptors (Lipinski definition) is 1. The second-order valence-corrected chi connectivity index (χ2v) is 7.53. The fourth-order valence-electron chi connectivity index (χ4n) is 3.19. The van der Waals surface area contributed by atoms with Crippen molar-refractivity contribution in [3.05, 3.63) is 54.1 Å². The zero-order valence-corrected chi connectivity index (χ0v) is 14.9. The lowest BCUT2D eigenvalue weighted by Crippen LogP contribution is -2.38. The third kappa shape index (κ3) is 4.13. The van der Waals surface area contributed by atoms with E-state index in [1.54, 1.807) is 0 Å². The Morgan fingerprint density at radius 1 is 1.35 bits per heavy atom. The molecule has 0 bridgehead atoms. The Labute approximate surface area is 140 Å². The highest BCUT2D eigenvalue weighted by atomic mass is 16.2. The Morgan fingerprint density at radius 3 is 2.61 bits per heavy atom. The predicted molar refractivity (Wildman–Crippen MR) is 98.8 cm³/mol. The number of allylic oxidation sites excluding steroid dienone is 2. The summed E-state index contributed by atoms with van der Waals surface area (Å²) in [6.45, 7) is 13.1. The zero-order valence-electron chi connectivity index (χ0n) is 14.9. The number of carbonyl (C=O) groups excluding carboxylic acids is 1. The first-order chi connectivity index (χ1) is 10.8. The predicted octanol–water partition coefficient (Wildman–Crippen LogP) is 5.25. The van der Waals surface area contributed by atoms with Crippen LogP contribution >= 0.6 is 0 Å². The topological polar surface area (TPSA) is 20.3 Å². The van der Waals surface area contributed by atoms with Gasteiger partial charge in [0.05, 0.1) is 0 Å². The van der Waals surface area contributed by atoms with Crippen molar-refractivity contribution in [2.45, 2.75) is 52.4 Å². The molecule has 0 heterocycles. The highest BCUT2D eigenvalue weighted by Gasteiger charge is 2.29. The Hall–Kier alpha value is -1.83. The second-order valence-electron chi connectivity index (χ2n) is 7.53. The number of rotatable bonds is 4. The van der Waals surface area contributed by atoms with E-state index in [0.29, 0.717) is 6.54 Å². The molecule has 124 valence electrons. The summed E-state index contributed by atoms with van der Waals surface area (Å²) < 4.78 is 0. The summed E-state index contributed by atoms with van der Waals surface area (Å²) in [5.41, 5.74) is 3.63. The molecule has 0 saturated heterocycles. The number of para-hydroxylation sites is 1. The molecule has 0 spiro atoms. The van der Waals surface area contributed by atoms with Crippen LogP contribution in [0.1, 0.15) is 52.5 Å². The van der Waals surface area contributed by atoms with Crippen LogP contribution in [0.2, 0.25) is 0 Å². The van der Waals surface area contributed by atoms with Gasteiger partial charge >= 0.3 is 0 Å². The number of nitrogens with zero attached hydrogens (tertiary/aromatic N) is 1. The standard InChI is InChI=1S/C21H29NO/c1-6-15-22(20(23)17-13-11-16(2)12-14-17)19-10-8-7-9-18(19)21(3,4)5/h6-11,17H,1,12-15H2,2-5H3/t17-/m0/s1. The van der Waals surface area contributed by atoms with Crippen molar-refractivity contribution < 1.29 is 4.79 Å². The monoisotopic (exact) mass is 311 g/mol. The fraction of sp³-hybridized carbons (Fsp3) is 0.476. The van der Waals surface area contributed by atoms with E-state index in [2.05, 4.69) is 52.5 Å². The summed E-state index contributed by atoms with van der Waals surface area (Å²) in [7, 11) is 0. The van der Waals surface area contributed by atoms with Crippen molar-refractivity contribution in [3.63, 3.8) is 0 Å². The lowest BCUT2D eigenvalue weighted by molar-refractivity contribution is -0.122. The maximum atomic E-state index is 13.1. The Kier molecular flexibility index (Phi) is 5.46. The molecule has 1 aliphatic rings. The molecule has 0 unspecified atom stereocenters. The van der Waals surface area contributed by atoms with E-state index < -0.39 is 0 Å². The molecule has 2 heteroatoms. The quantitative estimate of drug-likeness (QED) is 0.695. The smallest absolute Gasteiger partial charge is 0.230 e. The number of anilines is 1. The van der Waals surface area contributed by atoms with Gasteiger partial charge in [0.15, 0.2) is 0 Å². The van der Waals surface area contributed by atoms with Gasteiger partial charge in [0.25, 0.3) is 0 Å². The molecule has 1 atom stereocenters. The van der Waals surface area contributed by atoms with Gasteiger partial charge in [-0.05, 0) is 43.2 Å². The first-order valence-corrected chi connectivity index (χ1v) is 8.52. The molecule has 0 aliphatic heterocycles. The van der Waals surface area contributed by atoms with Crippen LogP contribution in [0.15, 0.2) is 48.6 Å². The van der Waals surface area contributed by atoms with Crippen LogP contribution in [0.4, 0.5) is 5.69 Å². The van der Waals surface area contributed by atoms with Crippen LogP contribution in [0.3, 0.4) is 0 Å². The lowest BCUT2D eigenvalue weighted by Gasteiger charge is -2.32. The molecule has 1 aliphatic carbocycles. The maximum absolute atomic E-state index is 13.1. The molecular weight excluding hydrogens is 282 g/mol. The molecule has 0 fully saturated rings. The average molecular weight is 311 g/mol. The second kappa shape index (κ2) is 7.16. The molecule has 0 radical (unpaired) electrons. The van der Waals surface area contributed by atoms with E-state index >= 15 is 0 Å². The van der Waals surface area contributed by atoms with Crippen molar-refractivity contribution in [1.29, 1.82) is 0 Å². The van der Waals surface area contributed by atoms with Crippen LogP contribution in [0, 0.1) is 5.92 Å². The lowest BCUT2D eigenvalue weighted by atomic mass is 9.84. The average Bonchev–Trinajstić information content (AvgIpc) is 2.52. The van der Waals surface area contributed by atoms with Crippen LogP contribution in [-0.4, -0.2) is 12.5 Å². The van der Waals surface area contributed by atoms with Gasteiger partial charge in [-0.25, -0.2) is 0 Å². The zero-order chi connectivity index (χ0) is 17.0. The van der Waals surface area contributed by atoms with Crippen LogP contribution in [0.5, 0.6) is 0 Å². The van der Waals surface area contributed by atoms with Crippen molar-refractivity contribution in [2.75, 3.05) is 11.4 Å². The van der Waals surface area contributed by atoms with E-state index in [0.717, 1.165) is 24.9 Å². The van der Waals surface area contributed by atoms with Crippen molar-refractivity contribution in [3.8, 4) is 0 Å². The molecular formula is C21H29NO. The Morgan fingerprint density at radius 2 is 2.04 bits per heavy atom. The number of amides is 1. The molecule has 2 nitrogen and oxygen atoms in total. The first kappa shape index (κ1) is 17.5. The number of hydrogen-bond donors (Lipinski definition) is 0. The molecule has 1 amide bonds. The van der Waals surface area contributed by atoms with E-state index in [1.165, 1.54) is 11.1 Å². The van der Waals surface area contributed by atoms with Gasteiger partial charge in [0, 0.05) is 18.2 Å². The van der Waals surface area contributed by atoms with E-state index in [-0.39, 0.29) is 17.2 Å². The Balaban J connectivity index is 2.36. The normalized spacial score (nSPS) is 18.3. The third-order valence-corrected chi connectivity index (χ3v) is 4.57. The summed E-state index contributed by atoms with van der Waals surface area (Å²) in [5, 5.41) is 0. The van der Waals surface area contributed by atoms with Gasteiger partial charge in [-0.2, -0.15) is 0 Å². The highest BCUT2D eigenvalue weighted by Crippen LogP contribution is 2.34. The summed E-state index contributed by atoms with van der Waals surface area (Å²) in [5.74, 6) is 0.317. The summed E-state index contributed by atoms with van der Waals surface area (Å²) in [6, 6.07) is 8.25. The summed E-state index contributed by atoms with van der Waals surface area (Å²) >= 11 is 0. The minimum Gasteiger partial charge on any atom is -0.308 e. The van der Waals surface area contributed by atoms with Crippen LogP contribution in [0.25, 0.3) is 0 Å². The van der Waals surface area contributed by atoms with E-state index in [4.69, 9.17) is 0 Å². The number of benzene rings is 1. The SMILES string of the molecule is C=CCN(C(=O)[C@H]1CC=C(C)CC1)c1ccccc1C(C)(C)C. The van der Waals surface area contributed by atoms with Gasteiger partial charge in [0.1, 0.15) is 0 Å². The van der Waals surface area contributed by atoms with Gasteiger partial charge < -0.3 is 4.90 Å².